The summed E-state index contributed by atoms with van der Waals surface area (Å²) < 4.78 is 5.12. The molecule has 4 heteroatoms. The zero-order chi connectivity index (χ0) is 12.8. The first-order valence-corrected chi connectivity index (χ1v) is 5.98. The van der Waals surface area contributed by atoms with Gasteiger partial charge in [0.2, 0.25) is 0 Å². The monoisotopic (exact) mass is 252 g/mol. The van der Waals surface area contributed by atoms with Crippen molar-refractivity contribution in [2.45, 2.75) is 18.8 Å². The number of benzene rings is 1. The number of nitrogens with zero attached hydrogens (tertiary/aromatic N) is 2. The van der Waals surface area contributed by atoms with Crippen molar-refractivity contribution in [1.29, 1.82) is 5.26 Å². The Morgan fingerprint density at radius 3 is 2.76 bits per heavy atom. The average molecular weight is 253 g/mol. The molecular formula is C13H17ClN2O. The molecule has 0 saturated heterocycles. The summed E-state index contributed by atoms with van der Waals surface area (Å²) in [4.78, 5) is 2.04. The molecule has 0 saturated carbocycles. The highest BCUT2D eigenvalue weighted by Gasteiger charge is 2.13. The molecule has 0 spiro atoms. The van der Waals surface area contributed by atoms with E-state index in [4.69, 9.17) is 21.6 Å². The third-order valence-corrected chi connectivity index (χ3v) is 3.09. The topological polar surface area (TPSA) is 36.3 Å². The van der Waals surface area contributed by atoms with Crippen LogP contribution in [-0.2, 0) is 10.6 Å². The van der Waals surface area contributed by atoms with Gasteiger partial charge in [-0.15, -0.1) is 11.6 Å². The van der Waals surface area contributed by atoms with Crippen LogP contribution < -0.4 is 4.90 Å². The number of methoxy groups -OCH3 is 1. The van der Waals surface area contributed by atoms with Crippen molar-refractivity contribution in [3.8, 4) is 6.07 Å². The quantitative estimate of drug-likeness (QED) is 0.756. The summed E-state index contributed by atoms with van der Waals surface area (Å²) >= 11 is 5.76. The van der Waals surface area contributed by atoms with Crippen LogP contribution in [0.5, 0.6) is 0 Å². The molecule has 3 nitrogen and oxygen atoms in total. The molecule has 0 heterocycles. The van der Waals surface area contributed by atoms with Crippen molar-refractivity contribution >= 4 is 17.3 Å². The summed E-state index contributed by atoms with van der Waals surface area (Å²) in [6, 6.07) is 8.13. The molecule has 0 bridgehead atoms. The molecule has 1 rings (SSSR count). The normalized spacial score (nSPS) is 11.9. The zero-order valence-electron chi connectivity index (χ0n) is 10.4. The van der Waals surface area contributed by atoms with Crippen molar-refractivity contribution in [2.24, 2.45) is 0 Å². The maximum absolute atomic E-state index is 9.15. The van der Waals surface area contributed by atoms with Gasteiger partial charge in [0, 0.05) is 26.1 Å². The second-order valence-corrected chi connectivity index (χ2v) is 4.28. The number of rotatable bonds is 5. The summed E-state index contributed by atoms with van der Waals surface area (Å²) in [5, 5.41) is 9.15. The van der Waals surface area contributed by atoms with Crippen molar-refractivity contribution in [3.63, 3.8) is 0 Å². The van der Waals surface area contributed by atoms with Crippen LogP contribution in [0.4, 0.5) is 5.69 Å². The molecule has 17 heavy (non-hydrogen) atoms. The van der Waals surface area contributed by atoms with E-state index in [1.54, 1.807) is 7.11 Å². The summed E-state index contributed by atoms with van der Waals surface area (Å²) in [5.74, 6) is 0.423. The van der Waals surface area contributed by atoms with Crippen LogP contribution >= 0.6 is 11.6 Å². The predicted molar refractivity (Wildman–Crippen MR) is 70.5 cm³/mol. The molecule has 1 aromatic rings. The Hall–Kier alpha value is -1.24. The minimum atomic E-state index is 0.217. The Bertz CT molecular complexity index is 414. The van der Waals surface area contributed by atoms with Crippen LogP contribution in [0.1, 0.15) is 18.1 Å². The van der Waals surface area contributed by atoms with Crippen LogP contribution in [0.25, 0.3) is 0 Å². The minimum absolute atomic E-state index is 0.217. The predicted octanol–water partition coefficient (Wildman–Crippen LogP) is 2.77. The lowest BCUT2D eigenvalue weighted by Gasteiger charge is -2.27. The fourth-order valence-electron chi connectivity index (χ4n) is 1.65. The molecule has 0 aliphatic carbocycles. The van der Waals surface area contributed by atoms with Gasteiger partial charge in [0.15, 0.2) is 0 Å². The lowest BCUT2D eigenvalue weighted by atomic mass is 10.1. The Morgan fingerprint density at radius 2 is 2.24 bits per heavy atom. The van der Waals surface area contributed by atoms with Crippen molar-refractivity contribution in [2.75, 3.05) is 25.7 Å². The number of hydrogen-bond acceptors (Lipinski definition) is 3. The number of ether oxygens (including phenoxy) is 1. The highest BCUT2D eigenvalue weighted by atomic mass is 35.5. The van der Waals surface area contributed by atoms with Gasteiger partial charge in [-0.2, -0.15) is 5.26 Å². The molecule has 1 aromatic carbocycles. The van der Waals surface area contributed by atoms with Gasteiger partial charge in [0.25, 0.3) is 0 Å². The fourth-order valence-corrected chi connectivity index (χ4v) is 1.82. The fraction of sp³-hybridized carbons (Fsp3) is 0.462. The van der Waals surface area contributed by atoms with E-state index in [9.17, 15) is 0 Å². The van der Waals surface area contributed by atoms with E-state index >= 15 is 0 Å². The summed E-state index contributed by atoms with van der Waals surface area (Å²) in [6.07, 6.45) is 0. The van der Waals surface area contributed by atoms with E-state index in [0.717, 1.165) is 11.3 Å². The van der Waals surface area contributed by atoms with Crippen LogP contribution in [0.15, 0.2) is 18.2 Å². The molecule has 1 atom stereocenters. The standard InChI is InChI=1S/C13H17ClN2O/c1-10(9-17-3)16(2)13-5-4-11(7-14)6-12(13)8-15/h4-6,10H,7,9H2,1-3H3. The summed E-state index contributed by atoms with van der Waals surface area (Å²) in [6.45, 7) is 2.68. The first-order chi connectivity index (χ1) is 8.13. The van der Waals surface area contributed by atoms with E-state index in [-0.39, 0.29) is 6.04 Å². The third kappa shape index (κ3) is 3.36. The van der Waals surface area contributed by atoms with Crippen molar-refractivity contribution in [3.05, 3.63) is 29.3 Å². The van der Waals surface area contributed by atoms with Gasteiger partial charge in [-0.05, 0) is 24.6 Å². The Kier molecular flexibility index (Phi) is 5.27. The number of hydrogen-bond donors (Lipinski definition) is 0. The van der Waals surface area contributed by atoms with Crippen LogP contribution in [0, 0.1) is 11.3 Å². The summed E-state index contributed by atoms with van der Waals surface area (Å²) in [7, 11) is 3.63. The minimum Gasteiger partial charge on any atom is -0.383 e. The highest BCUT2D eigenvalue weighted by molar-refractivity contribution is 6.17. The molecule has 0 aliphatic heterocycles. The maximum atomic E-state index is 9.15. The molecule has 0 aromatic heterocycles. The first-order valence-electron chi connectivity index (χ1n) is 5.44. The molecule has 0 fully saturated rings. The van der Waals surface area contributed by atoms with Gasteiger partial charge in [0.05, 0.1) is 17.9 Å². The lowest BCUT2D eigenvalue weighted by molar-refractivity contribution is 0.183. The molecule has 0 radical (unpaired) electrons. The lowest BCUT2D eigenvalue weighted by Crippen LogP contribution is -2.33. The Balaban J connectivity index is 3.01. The molecule has 0 aliphatic rings. The van der Waals surface area contributed by atoms with Gasteiger partial charge in [-0.25, -0.2) is 0 Å². The second kappa shape index (κ2) is 6.48. The smallest absolute Gasteiger partial charge is 0.101 e. The SMILES string of the molecule is COCC(C)N(C)c1ccc(CCl)cc1C#N. The maximum Gasteiger partial charge on any atom is 0.101 e. The number of halogens is 1. The number of anilines is 1. The zero-order valence-corrected chi connectivity index (χ0v) is 11.2. The van der Waals surface area contributed by atoms with Gasteiger partial charge >= 0.3 is 0 Å². The first kappa shape index (κ1) is 13.8. The summed E-state index contributed by atoms with van der Waals surface area (Å²) in [5.41, 5.74) is 2.51. The van der Waals surface area contributed by atoms with Crippen molar-refractivity contribution in [1.82, 2.24) is 0 Å². The largest absolute Gasteiger partial charge is 0.383 e. The Labute approximate surface area is 108 Å². The van der Waals surface area contributed by atoms with Crippen LogP contribution in [0.2, 0.25) is 0 Å². The molecule has 1 unspecified atom stereocenters. The van der Waals surface area contributed by atoms with E-state index < -0.39 is 0 Å². The third-order valence-electron chi connectivity index (χ3n) is 2.78. The van der Waals surface area contributed by atoms with Gasteiger partial charge in [-0.1, -0.05) is 6.07 Å². The van der Waals surface area contributed by atoms with Crippen molar-refractivity contribution < 1.29 is 4.74 Å². The number of likely N-dealkylation sites (N-methyl/N-ethyl adjacent to an activating group) is 1. The van der Waals surface area contributed by atoms with Crippen LogP contribution in [-0.4, -0.2) is 26.8 Å². The van der Waals surface area contributed by atoms with Gasteiger partial charge in [-0.3, -0.25) is 0 Å². The van der Waals surface area contributed by atoms with E-state index in [1.165, 1.54) is 0 Å². The number of alkyl halides is 1. The average Bonchev–Trinajstić information content (AvgIpc) is 2.37. The number of nitriles is 1. The molecule has 92 valence electrons. The van der Waals surface area contributed by atoms with Crippen LogP contribution in [0.3, 0.4) is 0 Å². The molecule has 0 N–H and O–H groups in total. The van der Waals surface area contributed by atoms with E-state index in [2.05, 4.69) is 13.0 Å². The highest BCUT2D eigenvalue weighted by Crippen LogP contribution is 2.22. The van der Waals surface area contributed by atoms with Gasteiger partial charge in [0.1, 0.15) is 6.07 Å². The molecular weight excluding hydrogens is 236 g/mol. The Morgan fingerprint density at radius 1 is 1.53 bits per heavy atom. The van der Waals surface area contributed by atoms with E-state index in [1.807, 2.05) is 30.1 Å². The van der Waals surface area contributed by atoms with Gasteiger partial charge < -0.3 is 9.64 Å². The van der Waals surface area contributed by atoms with E-state index in [0.29, 0.717) is 18.1 Å². The second-order valence-electron chi connectivity index (χ2n) is 4.01. The molecule has 0 amide bonds.